The van der Waals surface area contributed by atoms with Crippen LogP contribution in [0.3, 0.4) is 0 Å². The number of anilines is 1. The van der Waals surface area contributed by atoms with Crippen LogP contribution in [0.4, 0.5) is 5.69 Å². The van der Waals surface area contributed by atoms with Gasteiger partial charge in [0.2, 0.25) is 5.91 Å². The lowest BCUT2D eigenvalue weighted by Crippen LogP contribution is -2.47. The van der Waals surface area contributed by atoms with E-state index < -0.39 is 0 Å². The maximum Gasteiger partial charge on any atom is 0.223 e. The van der Waals surface area contributed by atoms with E-state index in [1.807, 2.05) is 53.6 Å². The van der Waals surface area contributed by atoms with Gasteiger partial charge < -0.3 is 15.3 Å². The Hall–Kier alpha value is -2.82. The average Bonchev–Trinajstić information content (AvgIpc) is 3.27. The van der Waals surface area contributed by atoms with E-state index in [0.717, 1.165) is 20.5 Å². The molecule has 1 aromatic carbocycles. The van der Waals surface area contributed by atoms with Crippen molar-refractivity contribution in [2.45, 2.75) is 26.3 Å². The second-order valence-electron chi connectivity index (χ2n) is 8.11. The van der Waals surface area contributed by atoms with Crippen molar-refractivity contribution < 1.29 is 9.90 Å². The van der Waals surface area contributed by atoms with Crippen LogP contribution >= 0.6 is 39.5 Å². The Morgan fingerprint density at radius 2 is 2.09 bits per heavy atom. The number of thiocarbonyl (C=S) groups is 1. The molecule has 0 aliphatic carbocycles. The molecule has 0 radical (unpaired) electrons. The minimum atomic E-state index is -0.0626. The largest absolute Gasteiger partial charge is 0.504 e. The van der Waals surface area contributed by atoms with E-state index in [1.54, 1.807) is 23.6 Å². The van der Waals surface area contributed by atoms with Crippen LogP contribution in [0.1, 0.15) is 25.3 Å². The summed E-state index contributed by atoms with van der Waals surface area (Å²) in [6.45, 7) is 3.57. The van der Waals surface area contributed by atoms with Gasteiger partial charge in [-0.25, -0.2) is 5.01 Å². The van der Waals surface area contributed by atoms with Gasteiger partial charge in [-0.05, 0) is 61.3 Å². The van der Waals surface area contributed by atoms with Crippen LogP contribution in [-0.2, 0) is 11.3 Å². The van der Waals surface area contributed by atoms with E-state index in [2.05, 4.69) is 31.3 Å². The quantitative estimate of drug-likeness (QED) is 0.234. The van der Waals surface area contributed by atoms with Crippen molar-refractivity contribution in [1.29, 1.82) is 0 Å². The predicted octanol–water partition coefficient (Wildman–Crippen LogP) is 5.40. The molecular weight excluding hydrogens is 546 g/mol. The number of amides is 1. The first-order chi connectivity index (χ1) is 17.0. The molecule has 0 bridgehead atoms. The predicted molar refractivity (Wildman–Crippen MR) is 149 cm³/mol. The van der Waals surface area contributed by atoms with E-state index in [0.29, 0.717) is 43.3 Å². The first kappa shape index (κ1) is 25.3. The number of carbonyl (C=O) groups is 1. The zero-order valence-corrected chi connectivity index (χ0v) is 22.4. The number of benzene rings is 1. The molecule has 1 saturated heterocycles. The highest BCUT2D eigenvalue weighted by Gasteiger charge is 2.29. The molecule has 35 heavy (non-hydrogen) atoms. The summed E-state index contributed by atoms with van der Waals surface area (Å²) in [4.78, 5) is 19.5. The number of thiophene rings is 1. The second kappa shape index (κ2) is 11.7. The van der Waals surface area contributed by atoms with Gasteiger partial charge in [-0.15, -0.1) is 11.3 Å². The highest BCUT2D eigenvalue weighted by molar-refractivity contribution is 9.10. The van der Waals surface area contributed by atoms with E-state index in [4.69, 9.17) is 12.2 Å². The Morgan fingerprint density at radius 1 is 1.34 bits per heavy atom. The normalized spacial score (nSPS) is 14.3. The van der Waals surface area contributed by atoms with Crippen molar-refractivity contribution in [2.75, 3.05) is 18.1 Å². The number of pyridine rings is 1. The minimum Gasteiger partial charge on any atom is -0.504 e. The fourth-order valence-corrected chi connectivity index (χ4v) is 5.45. The molecule has 3 aromatic rings. The molecule has 1 aliphatic rings. The number of hydrogen-bond donors (Lipinski definition) is 2. The van der Waals surface area contributed by atoms with Gasteiger partial charge in [0.15, 0.2) is 10.9 Å². The summed E-state index contributed by atoms with van der Waals surface area (Å²) in [5.74, 6) is 0.139. The number of hydrazone groups is 1. The maximum absolute atomic E-state index is 12.7. The highest BCUT2D eigenvalue weighted by Crippen LogP contribution is 2.44. The SMILES string of the molecule is C/C=N/N(C(=S)N1CCC(C(=O)NCc2cccnc2)CC1)c1csc(-c2ccc(Br)cc2)c1O. The second-order valence-corrected chi connectivity index (χ2v) is 10.3. The van der Waals surface area contributed by atoms with Crippen LogP contribution in [0.15, 0.2) is 63.7 Å². The summed E-state index contributed by atoms with van der Waals surface area (Å²) in [7, 11) is 0. The summed E-state index contributed by atoms with van der Waals surface area (Å²) in [6.07, 6.45) is 6.52. The maximum atomic E-state index is 12.7. The van der Waals surface area contributed by atoms with Crippen molar-refractivity contribution in [2.24, 2.45) is 11.0 Å². The zero-order chi connectivity index (χ0) is 24.8. The summed E-state index contributed by atoms with van der Waals surface area (Å²) < 4.78 is 0.977. The number of rotatable bonds is 6. The van der Waals surface area contributed by atoms with Crippen molar-refractivity contribution in [3.8, 4) is 16.2 Å². The molecule has 3 heterocycles. The number of piperidine rings is 1. The molecule has 182 valence electrons. The Balaban J connectivity index is 1.40. The molecule has 0 saturated carbocycles. The molecular formula is C25H26BrN5O2S2. The van der Waals surface area contributed by atoms with Gasteiger partial charge in [0.05, 0.1) is 4.88 Å². The Kier molecular flexibility index (Phi) is 8.48. The Bertz CT molecular complexity index is 1190. The lowest BCUT2D eigenvalue weighted by atomic mass is 9.96. The van der Waals surface area contributed by atoms with Crippen LogP contribution in [-0.4, -0.2) is 45.3 Å². The third-order valence-corrected chi connectivity index (χ3v) is 7.78. The van der Waals surface area contributed by atoms with Gasteiger partial charge in [0, 0.05) is 54.0 Å². The van der Waals surface area contributed by atoms with Crippen molar-refractivity contribution in [1.82, 2.24) is 15.2 Å². The van der Waals surface area contributed by atoms with Crippen molar-refractivity contribution in [3.63, 3.8) is 0 Å². The fourth-order valence-electron chi connectivity index (χ4n) is 3.93. The number of hydrogen-bond acceptors (Lipinski definition) is 6. The molecule has 2 N–H and O–H groups in total. The van der Waals surface area contributed by atoms with Gasteiger partial charge in [-0.1, -0.05) is 34.1 Å². The summed E-state index contributed by atoms with van der Waals surface area (Å²) >= 11 is 10.7. The number of halogens is 1. The number of likely N-dealkylation sites (tertiary alicyclic amines) is 1. The fraction of sp³-hybridized carbons (Fsp3) is 0.280. The average molecular weight is 573 g/mol. The topological polar surface area (TPSA) is 81.1 Å². The van der Waals surface area contributed by atoms with Crippen LogP contribution in [0.5, 0.6) is 5.75 Å². The molecule has 0 spiro atoms. The smallest absolute Gasteiger partial charge is 0.223 e. The molecule has 2 aromatic heterocycles. The monoisotopic (exact) mass is 571 g/mol. The van der Waals surface area contributed by atoms with E-state index >= 15 is 0 Å². The molecule has 4 rings (SSSR count). The van der Waals surface area contributed by atoms with Crippen LogP contribution in [0.25, 0.3) is 10.4 Å². The summed E-state index contributed by atoms with van der Waals surface area (Å²) in [6, 6.07) is 11.6. The molecule has 1 amide bonds. The van der Waals surface area contributed by atoms with Gasteiger partial charge in [-0.3, -0.25) is 9.78 Å². The molecule has 7 nitrogen and oxygen atoms in total. The van der Waals surface area contributed by atoms with Gasteiger partial charge >= 0.3 is 0 Å². The van der Waals surface area contributed by atoms with Gasteiger partial charge in [0.1, 0.15) is 5.69 Å². The molecule has 0 unspecified atom stereocenters. The van der Waals surface area contributed by atoms with E-state index in [1.165, 1.54) is 11.3 Å². The molecule has 1 aliphatic heterocycles. The van der Waals surface area contributed by atoms with Crippen molar-refractivity contribution >= 4 is 62.4 Å². The van der Waals surface area contributed by atoms with Crippen LogP contribution in [0, 0.1) is 5.92 Å². The lowest BCUT2D eigenvalue weighted by Gasteiger charge is -2.35. The Labute approximate surface area is 222 Å². The molecule has 10 heteroatoms. The highest BCUT2D eigenvalue weighted by atomic mass is 79.9. The summed E-state index contributed by atoms with van der Waals surface area (Å²) in [5.41, 5.74) is 2.45. The van der Waals surface area contributed by atoms with Crippen LogP contribution in [0.2, 0.25) is 0 Å². The third-order valence-electron chi connectivity index (χ3n) is 5.82. The van der Waals surface area contributed by atoms with Crippen LogP contribution < -0.4 is 10.3 Å². The zero-order valence-electron chi connectivity index (χ0n) is 19.2. The first-order valence-corrected chi connectivity index (χ1v) is 13.4. The molecule has 1 fully saturated rings. The molecule has 0 atom stereocenters. The van der Waals surface area contributed by atoms with Crippen molar-refractivity contribution in [3.05, 3.63) is 64.2 Å². The minimum absolute atomic E-state index is 0.0532. The third kappa shape index (κ3) is 6.06. The van der Waals surface area contributed by atoms with Gasteiger partial charge in [0.25, 0.3) is 0 Å². The number of carbonyl (C=O) groups excluding carboxylic acids is 1. The summed E-state index contributed by atoms with van der Waals surface area (Å²) in [5, 5.41) is 22.4. The number of aromatic hydroxyl groups is 1. The number of nitrogens with one attached hydrogen (secondary N) is 1. The first-order valence-electron chi connectivity index (χ1n) is 11.3. The standard InChI is InChI=1S/C25H26BrN5O2S2/c1-2-29-31(21-16-35-23(22(21)32)18-5-7-20(26)8-6-18)25(34)30-12-9-19(10-13-30)24(33)28-15-17-4-3-11-27-14-17/h2-8,11,14,16,19,32H,9-10,12-13,15H2,1H3,(H,28,33)/b29-2+. The van der Waals surface area contributed by atoms with E-state index in [9.17, 15) is 9.90 Å². The Morgan fingerprint density at radius 3 is 2.74 bits per heavy atom. The number of aromatic nitrogens is 1. The number of nitrogens with zero attached hydrogens (tertiary/aromatic N) is 4. The van der Waals surface area contributed by atoms with Gasteiger partial charge in [-0.2, -0.15) is 5.10 Å². The lowest BCUT2D eigenvalue weighted by molar-refractivity contribution is -0.126. The van der Waals surface area contributed by atoms with E-state index in [-0.39, 0.29) is 17.6 Å².